The highest BCUT2D eigenvalue weighted by molar-refractivity contribution is 5.96. The summed E-state index contributed by atoms with van der Waals surface area (Å²) in [5.74, 6) is -0.470. The predicted molar refractivity (Wildman–Crippen MR) is 82.6 cm³/mol. The largest absolute Gasteiger partial charge is 0.422 e. The highest BCUT2D eigenvalue weighted by atomic mass is 16.4. The van der Waals surface area contributed by atoms with Gasteiger partial charge in [-0.2, -0.15) is 0 Å². The predicted octanol–water partition coefficient (Wildman–Crippen LogP) is 2.43. The molecule has 0 atom stereocenters. The van der Waals surface area contributed by atoms with Gasteiger partial charge < -0.3 is 9.73 Å². The monoisotopic (exact) mass is 294 g/mol. The molecule has 0 aliphatic carbocycles. The molecule has 0 aliphatic rings. The standard InChI is InChI=1S/C17H14N2O3/c1-11-5-4-7-13(19-11)10-18-16(20)14-9-12-6-2-3-8-15(12)22-17(14)21/h2-9H,10H2,1H3,(H,18,20). The molecular weight excluding hydrogens is 280 g/mol. The second-order valence-corrected chi connectivity index (χ2v) is 4.94. The molecule has 0 saturated carbocycles. The number of nitrogens with zero attached hydrogens (tertiary/aromatic N) is 1. The maximum Gasteiger partial charge on any atom is 0.349 e. The van der Waals surface area contributed by atoms with Gasteiger partial charge in [0, 0.05) is 11.1 Å². The van der Waals surface area contributed by atoms with Crippen LogP contribution in [0.5, 0.6) is 0 Å². The van der Waals surface area contributed by atoms with Crippen molar-refractivity contribution in [1.29, 1.82) is 0 Å². The number of pyridine rings is 1. The zero-order valence-electron chi connectivity index (χ0n) is 12.0. The smallest absolute Gasteiger partial charge is 0.349 e. The van der Waals surface area contributed by atoms with E-state index in [4.69, 9.17) is 4.42 Å². The first-order valence-electron chi connectivity index (χ1n) is 6.87. The second-order valence-electron chi connectivity index (χ2n) is 4.94. The third-order valence-corrected chi connectivity index (χ3v) is 3.26. The van der Waals surface area contributed by atoms with Gasteiger partial charge in [0.25, 0.3) is 5.91 Å². The van der Waals surface area contributed by atoms with Crippen molar-refractivity contribution < 1.29 is 9.21 Å². The number of nitrogens with one attached hydrogen (secondary N) is 1. The van der Waals surface area contributed by atoms with Crippen molar-refractivity contribution in [2.45, 2.75) is 13.5 Å². The first kappa shape index (κ1) is 14.0. The van der Waals surface area contributed by atoms with Gasteiger partial charge in [-0.25, -0.2) is 4.79 Å². The Balaban J connectivity index is 1.83. The van der Waals surface area contributed by atoms with E-state index in [-0.39, 0.29) is 12.1 Å². The van der Waals surface area contributed by atoms with Crippen LogP contribution in [0.25, 0.3) is 11.0 Å². The lowest BCUT2D eigenvalue weighted by molar-refractivity contribution is 0.0947. The molecule has 0 saturated heterocycles. The Kier molecular flexibility index (Phi) is 3.70. The summed E-state index contributed by atoms with van der Waals surface area (Å²) in [7, 11) is 0. The van der Waals surface area contributed by atoms with E-state index in [2.05, 4.69) is 10.3 Å². The van der Waals surface area contributed by atoms with Gasteiger partial charge in [-0.3, -0.25) is 9.78 Å². The molecule has 1 aromatic carbocycles. The van der Waals surface area contributed by atoms with E-state index in [1.807, 2.05) is 31.2 Å². The molecule has 5 heteroatoms. The number of fused-ring (bicyclic) bond motifs is 1. The maximum atomic E-state index is 12.2. The van der Waals surface area contributed by atoms with Crippen molar-refractivity contribution in [3.63, 3.8) is 0 Å². The molecule has 0 aliphatic heterocycles. The van der Waals surface area contributed by atoms with Crippen molar-refractivity contribution in [3.05, 3.63) is 75.9 Å². The third kappa shape index (κ3) is 2.88. The Morgan fingerprint density at radius 3 is 2.82 bits per heavy atom. The molecule has 110 valence electrons. The zero-order chi connectivity index (χ0) is 15.5. The normalized spacial score (nSPS) is 10.6. The lowest BCUT2D eigenvalue weighted by Crippen LogP contribution is -2.28. The third-order valence-electron chi connectivity index (χ3n) is 3.26. The minimum Gasteiger partial charge on any atom is -0.422 e. The summed E-state index contributed by atoms with van der Waals surface area (Å²) in [6.45, 7) is 2.13. The molecule has 0 fully saturated rings. The number of aromatic nitrogens is 1. The van der Waals surface area contributed by atoms with Crippen LogP contribution in [0.15, 0.2) is 57.7 Å². The Hall–Kier alpha value is -2.95. The molecular formula is C17H14N2O3. The van der Waals surface area contributed by atoms with Crippen LogP contribution in [-0.2, 0) is 6.54 Å². The number of hydrogen-bond acceptors (Lipinski definition) is 4. The topological polar surface area (TPSA) is 72.2 Å². The van der Waals surface area contributed by atoms with E-state index < -0.39 is 11.5 Å². The number of benzene rings is 1. The number of para-hydroxylation sites is 1. The number of amides is 1. The molecule has 3 aromatic rings. The molecule has 2 heterocycles. The van der Waals surface area contributed by atoms with Crippen LogP contribution in [0.1, 0.15) is 21.7 Å². The zero-order valence-corrected chi connectivity index (χ0v) is 12.0. The molecule has 3 rings (SSSR count). The first-order chi connectivity index (χ1) is 10.6. The van der Waals surface area contributed by atoms with Gasteiger partial charge in [-0.15, -0.1) is 0 Å². The Morgan fingerprint density at radius 1 is 1.18 bits per heavy atom. The van der Waals surface area contributed by atoms with Gasteiger partial charge in [-0.1, -0.05) is 24.3 Å². The highest BCUT2D eigenvalue weighted by Crippen LogP contribution is 2.12. The molecule has 22 heavy (non-hydrogen) atoms. The van der Waals surface area contributed by atoms with E-state index >= 15 is 0 Å². The Morgan fingerprint density at radius 2 is 2.00 bits per heavy atom. The number of aryl methyl sites for hydroxylation is 1. The summed E-state index contributed by atoms with van der Waals surface area (Å²) in [6.07, 6.45) is 0. The van der Waals surface area contributed by atoms with E-state index in [0.717, 1.165) is 11.4 Å². The summed E-state index contributed by atoms with van der Waals surface area (Å²) >= 11 is 0. The molecule has 5 nitrogen and oxygen atoms in total. The quantitative estimate of drug-likeness (QED) is 0.753. The molecule has 1 amide bonds. The fourth-order valence-electron chi connectivity index (χ4n) is 2.18. The van der Waals surface area contributed by atoms with Gasteiger partial charge >= 0.3 is 5.63 Å². The van der Waals surface area contributed by atoms with Gasteiger partial charge in [0.2, 0.25) is 0 Å². The van der Waals surface area contributed by atoms with E-state index in [1.165, 1.54) is 0 Å². The number of hydrogen-bond donors (Lipinski definition) is 1. The molecule has 0 radical (unpaired) electrons. The van der Waals surface area contributed by atoms with Crippen LogP contribution in [0, 0.1) is 6.92 Å². The minimum absolute atomic E-state index is 0.00801. The fraction of sp³-hybridized carbons (Fsp3) is 0.118. The van der Waals surface area contributed by atoms with E-state index in [0.29, 0.717) is 11.0 Å². The lowest BCUT2D eigenvalue weighted by atomic mass is 10.2. The molecule has 0 bridgehead atoms. The van der Waals surface area contributed by atoms with Crippen LogP contribution >= 0.6 is 0 Å². The number of rotatable bonds is 3. The van der Waals surface area contributed by atoms with Crippen LogP contribution in [-0.4, -0.2) is 10.9 Å². The van der Waals surface area contributed by atoms with Gasteiger partial charge in [0.15, 0.2) is 0 Å². The Labute approximate surface area is 126 Å². The van der Waals surface area contributed by atoms with Gasteiger partial charge in [0.05, 0.1) is 12.2 Å². The lowest BCUT2D eigenvalue weighted by Gasteiger charge is -2.05. The average Bonchev–Trinajstić information content (AvgIpc) is 2.52. The SMILES string of the molecule is Cc1cccc(CNC(=O)c2cc3ccccc3oc2=O)n1. The fourth-order valence-corrected chi connectivity index (χ4v) is 2.18. The van der Waals surface area contributed by atoms with Crippen molar-refractivity contribution >= 4 is 16.9 Å². The number of carbonyl (C=O) groups is 1. The summed E-state index contributed by atoms with van der Waals surface area (Å²) < 4.78 is 5.15. The number of carbonyl (C=O) groups excluding carboxylic acids is 1. The van der Waals surface area contributed by atoms with Crippen molar-refractivity contribution in [2.24, 2.45) is 0 Å². The minimum atomic E-state index is -0.645. The summed E-state index contributed by atoms with van der Waals surface area (Å²) in [5, 5.41) is 3.40. The van der Waals surface area contributed by atoms with Crippen LogP contribution in [0.4, 0.5) is 0 Å². The molecule has 2 aromatic heterocycles. The second kappa shape index (κ2) is 5.81. The van der Waals surface area contributed by atoms with Crippen LogP contribution in [0.3, 0.4) is 0 Å². The molecule has 0 spiro atoms. The van der Waals surface area contributed by atoms with Gasteiger partial charge in [-0.05, 0) is 31.2 Å². The van der Waals surface area contributed by atoms with Crippen LogP contribution < -0.4 is 10.9 Å². The first-order valence-corrected chi connectivity index (χ1v) is 6.87. The molecule has 0 unspecified atom stereocenters. The van der Waals surface area contributed by atoms with Crippen LogP contribution in [0.2, 0.25) is 0 Å². The van der Waals surface area contributed by atoms with E-state index in [9.17, 15) is 9.59 Å². The Bertz CT molecular complexity index is 900. The van der Waals surface area contributed by atoms with Crippen molar-refractivity contribution in [1.82, 2.24) is 10.3 Å². The maximum absolute atomic E-state index is 12.2. The summed E-state index contributed by atoms with van der Waals surface area (Å²) in [6, 6.07) is 14.2. The summed E-state index contributed by atoms with van der Waals surface area (Å²) in [4.78, 5) is 28.4. The van der Waals surface area contributed by atoms with Gasteiger partial charge in [0.1, 0.15) is 11.1 Å². The highest BCUT2D eigenvalue weighted by Gasteiger charge is 2.13. The average molecular weight is 294 g/mol. The summed E-state index contributed by atoms with van der Waals surface area (Å²) in [5.41, 5.74) is 1.42. The molecule has 1 N–H and O–H groups in total. The van der Waals surface area contributed by atoms with E-state index in [1.54, 1.807) is 24.3 Å². The van der Waals surface area contributed by atoms with Crippen molar-refractivity contribution in [2.75, 3.05) is 0 Å². The van der Waals surface area contributed by atoms with Crippen molar-refractivity contribution in [3.8, 4) is 0 Å².